The molecular formula is C20H27N3O10. The number of epoxide rings is 1. The number of rotatable bonds is 12. The summed E-state index contributed by atoms with van der Waals surface area (Å²) in [6.07, 6.45) is -3.29. The van der Waals surface area contributed by atoms with Crippen LogP contribution in [0, 0.1) is 0 Å². The summed E-state index contributed by atoms with van der Waals surface area (Å²) in [6, 6.07) is 0. The van der Waals surface area contributed by atoms with Gasteiger partial charge >= 0.3 is 29.0 Å². The van der Waals surface area contributed by atoms with Crippen molar-refractivity contribution in [3.63, 3.8) is 0 Å². The van der Waals surface area contributed by atoms with Gasteiger partial charge in [0.25, 0.3) is 0 Å². The Bertz CT molecular complexity index is 1030. The molecule has 2 N–H and O–H groups in total. The van der Waals surface area contributed by atoms with Crippen molar-refractivity contribution in [1.82, 2.24) is 13.7 Å². The van der Waals surface area contributed by atoms with Crippen LogP contribution in [0.1, 0.15) is 13.8 Å². The van der Waals surface area contributed by atoms with E-state index in [1.807, 2.05) is 0 Å². The minimum absolute atomic E-state index is 0.0982. The molecule has 1 aromatic heterocycles. The van der Waals surface area contributed by atoms with Crippen molar-refractivity contribution in [2.75, 3.05) is 19.8 Å². The van der Waals surface area contributed by atoms with Crippen molar-refractivity contribution >= 4 is 11.9 Å². The summed E-state index contributed by atoms with van der Waals surface area (Å²) in [7, 11) is 0. The Balaban J connectivity index is 2.30. The molecule has 0 spiro atoms. The van der Waals surface area contributed by atoms with Gasteiger partial charge in [0, 0.05) is 11.1 Å². The van der Waals surface area contributed by atoms with E-state index in [0.29, 0.717) is 15.7 Å². The molecule has 1 aliphatic rings. The molecule has 3 unspecified atom stereocenters. The summed E-state index contributed by atoms with van der Waals surface area (Å²) in [5.74, 6) is -1.52. The number of aromatic nitrogens is 3. The van der Waals surface area contributed by atoms with Gasteiger partial charge in [-0.2, -0.15) is 0 Å². The molecule has 0 aromatic carbocycles. The zero-order chi connectivity index (χ0) is 24.9. The Hall–Kier alpha value is -3.29. The van der Waals surface area contributed by atoms with E-state index in [1.54, 1.807) is 0 Å². The van der Waals surface area contributed by atoms with Crippen molar-refractivity contribution in [3.05, 3.63) is 55.8 Å². The maximum absolute atomic E-state index is 12.8. The first-order valence-electron chi connectivity index (χ1n) is 9.99. The van der Waals surface area contributed by atoms with E-state index in [0.717, 1.165) is 4.57 Å². The normalized spacial score (nSPS) is 16.5. The third kappa shape index (κ3) is 7.10. The van der Waals surface area contributed by atoms with Gasteiger partial charge in [-0.25, -0.2) is 37.7 Å². The predicted molar refractivity (Wildman–Crippen MR) is 113 cm³/mol. The molecule has 1 aromatic rings. The molecule has 2 rings (SSSR count). The highest BCUT2D eigenvalue weighted by atomic mass is 16.6. The van der Waals surface area contributed by atoms with E-state index in [-0.39, 0.29) is 17.7 Å². The molecule has 182 valence electrons. The minimum Gasteiger partial charge on any atom is -0.460 e. The molecule has 2 heterocycles. The van der Waals surface area contributed by atoms with Gasteiger partial charge in [0.2, 0.25) is 0 Å². The van der Waals surface area contributed by atoms with Crippen LogP contribution in [0.5, 0.6) is 0 Å². The van der Waals surface area contributed by atoms with Crippen LogP contribution in [0.15, 0.2) is 38.7 Å². The number of ether oxygens (including phenoxy) is 3. The molecule has 1 fully saturated rings. The van der Waals surface area contributed by atoms with Crippen molar-refractivity contribution in [2.24, 2.45) is 0 Å². The highest BCUT2D eigenvalue weighted by Gasteiger charge is 2.27. The zero-order valence-corrected chi connectivity index (χ0v) is 18.4. The SMILES string of the molecule is C=C(C)C(=O)OCC(O)Cn1c(=O)n(CC(O)COC(=O)C(=C)C)c(=O)n(CC2CO2)c1=O. The monoisotopic (exact) mass is 469 g/mol. The number of carbonyl (C=O) groups excluding carboxylic acids is 2. The first-order chi connectivity index (χ1) is 15.4. The average molecular weight is 469 g/mol. The summed E-state index contributed by atoms with van der Waals surface area (Å²) in [6.45, 7) is 7.57. The summed E-state index contributed by atoms with van der Waals surface area (Å²) in [5.41, 5.74) is -2.90. The van der Waals surface area contributed by atoms with Crippen LogP contribution < -0.4 is 17.1 Å². The highest BCUT2D eigenvalue weighted by Crippen LogP contribution is 2.09. The Kier molecular flexibility index (Phi) is 8.68. The second-order valence-electron chi connectivity index (χ2n) is 7.70. The van der Waals surface area contributed by atoms with Crippen molar-refractivity contribution in [2.45, 2.75) is 51.8 Å². The van der Waals surface area contributed by atoms with Crippen LogP contribution in [0.3, 0.4) is 0 Å². The van der Waals surface area contributed by atoms with Gasteiger partial charge in [0.1, 0.15) is 25.4 Å². The minimum atomic E-state index is -1.45. The van der Waals surface area contributed by atoms with Gasteiger partial charge in [-0.3, -0.25) is 0 Å². The number of hydrogen-bond acceptors (Lipinski definition) is 10. The fourth-order valence-corrected chi connectivity index (χ4v) is 2.65. The van der Waals surface area contributed by atoms with Crippen molar-refractivity contribution < 1.29 is 34.0 Å². The highest BCUT2D eigenvalue weighted by molar-refractivity contribution is 5.87. The number of hydrogen-bond donors (Lipinski definition) is 2. The van der Waals surface area contributed by atoms with Crippen molar-refractivity contribution in [1.29, 1.82) is 0 Å². The molecule has 0 radical (unpaired) electrons. The Labute approximate surface area is 187 Å². The van der Waals surface area contributed by atoms with Crippen molar-refractivity contribution in [3.8, 4) is 0 Å². The molecule has 0 amide bonds. The van der Waals surface area contributed by atoms with Crippen LogP contribution in [-0.2, 0) is 43.4 Å². The summed E-state index contributed by atoms with van der Waals surface area (Å²) in [4.78, 5) is 61.4. The van der Waals surface area contributed by atoms with E-state index in [1.165, 1.54) is 13.8 Å². The molecule has 13 heteroatoms. The van der Waals surface area contributed by atoms with Gasteiger partial charge in [-0.05, 0) is 13.8 Å². The van der Waals surface area contributed by atoms with E-state index < -0.39 is 73.6 Å². The lowest BCUT2D eigenvalue weighted by Gasteiger charge is -2.18. The summed E-state index contributed by atoms with van der Waals surface area (Å²) in [5, 5.41) is 20.3. The molecule has 3 atom stereocenters. The molecular weight excluding hydrogens is 442 g/mol. The van der Waals surface area contributed by atoms with Crippen LogP contribution in [-0.4, -0.2) is 74.0 Å². The molecule has 13 nitrogen and oxygen atoms in total. The Morgan fingerprint density at radius 2 is 1.27 bits per heavy atom. The smallest absolute Gasteiger partial charge is 0.336 e. The van der Waals surface area contributed by atoms with Gasteiger partial charge in [-0.1, -0.05) is 13.2 Å². The Morgan fingerprint density at radius 1 is 0.909 bits per heavy atom. The lowest BCUT2D eigenvalue weighted by molar-refractivity contribution is -0.142. The van der Waals surface area contributed by atoms with Crippen LogP contribution in [0.4, 0.5) is 0 Å². The van der Waals surface area contributed by atoms with E-state index >= 15 is 0 Å². The number of aliphatic hydroxyl groups is 2. The largest absolute Gasteiger partial charge is 0.460 e. The second kappa shape index (κ2) is 11.0. The third-order valence-corrected chi connectivity index (χ3v) is 4.47. The molecule has 0 bridgehead atoms. The van der Waals surface area contributed by atoms with Crippen LogP contribution in [0.25, 0.3) is 0 Å². The lowest BCUT2D eigenvalue weighted by atomic mass is 10.3. The van der Waals surface area contributed by atoms with E-state index in [2.05, 4.69) is 13.2 Å². The molecule has 0 aliphatic carbocycles. The molecule has 0 saturated carbocycles. The number of esters is 2. The average Bonchev–Trinajstić information content (AvgIpc) is 3.57. The molecule has 1 saturated heterocycles. The summed E-state index contributed by atoms with van der Waals surface area (Å²) < 4.78 is 16.6. The van der Waals surface area contributed by atoms with Crippen LogP contribution in [0.2, 0.25) is 0 Å². The van der Waals surface area contributed by atoms with Gasteiger partial charge in [0.05, 0.1) is 32.3 Å². The third-order valence-electron chi connectivity index (χ3n) is 4.47. The fraction of sp³-hybridized carbons (Fsp3) is 0.550. The maximum atomic E-state index is 12.8. The second-order valence-corrected chi connectivity index (χ2v) is 7.70. The zero-order valence-electron chi connectivity index (χ0n) is 18.4. The predicted octanol–water partition coefficient (Wildman–Crippen LogP) is -2.47. The lowest BCUT2D eigenvalue weighted by Crippen LogP contribution is -2.57. The first-order valence-corrected chi connectivity index (χ1v) is 9.99. The molecule has 1 aliphatic heterocycles. The summed E-state index contributed by atoms with van der Waals surface area (Å²) >= 11 is 0. The number of nitrogens with zero attached hydrogens (tertiary/aromatic N) is 3. The van der Waals surface area contributed by atoms with E-state index in [4.69, 9.17) is 14.2 Å². The quantitative estimate of drug-likeness (QED) is 0.190. The van der Waals surface area contributed by atoms with Gasteiger partial charge in [0.15, 0.2) is 0 Å². The Morgan fingerprint density at radius 3 is 1.61 bits per heavy atom. The molecule has 33 heavy (non-hydrogen) atoms. The van der Waals surface area contributed by atoms with E-state index in [9.17, 15) is 34.2 Å². The van der Waals surface area contributed by atoms with Crippen LogP contribution >= 0.6 is 0 Å². The topological polar surface area (TPSA) is 172 Å². The van der Waals surface area contributed by atoms with Gasteiger partial charge < -0.3 is 24.4 Å². The first kappa shape index (κ1) is 26.0. The van der Waals surface area contributed by atoms with Gasteiger partial charge in [-0.15, -0.1) is 0 Å². The number of carbonyl (C=O) groups is 2. The fourth-order valence-electron chi connectivity index (χ4n) is 2.65. The maximum Gasteiger partial charge on any atom is 0.336 e. The number of aliphatic hydroxyl groups excluding tert-OH is 2. The standard InChI is InChI=1S/C20H27N3O10/c1-11(2)16(26)32-8-13(24)5-21-18(28)22(6-14(25)9-33-17(27)12(3)4)20(30)23(19(21)29)7-15-10-31-15/h13-15,24-25H,1,3,5-10H2,2,4H3.